The summed E-state index contributed by atoms with van der Waals surface area (Å²) in [6, 6.07) is 7.10. The van der Waals surface area contributed by atoms with E-state index in [1.807, 2.05) is 28.7 Å². The van der Waals surface area contributed by atoms with Gasteiger partial charge in [0.25, 0.3) is 0 Å². The minimum Gasteiger partial charge on any atom is -0.382 e. The number of aromatic nitrogens is 2. The highest BCUT2D eigenvalue weighted by Crippen LogP contribution is 2.30. The fourth-order valence-electron chi connectivity index (χ4n) is 1.88. The van der Waals surface area contributed by atoms with Gasteiger partial charge in [-0.1, -0.05) is 12.1 Å². The molecule has 0 saturated heterocycles. The average Bonchev–Trinajstić information content (AvgIpc) is 3.26. The van der Waals surface area contributed by atoms with Crippen LogP contribution in [0.25, 0.3) is 11.3 Å². The zero-order chi connectivity index (χ0) is 15.0. The third kappa shape index (κ3) is 3.26. The summed E-state index contributed by atoms with van der Waals surface area (Å²) in [5.74, 6) is 0.380. The van der Waals surface area contributed by atoms with E-state index in [-0.39, 0.29) is 5.25 Å². The molecule has 1 aliphatic carbocycles. The standard InChI is InChI=1S/C13H13IN4O2S/c14-12-13(15)16-7-11(17-12)8-2-1-3-9(6-8)18-21(19,20)10-4-5-10/h1-3,6-7,10,18H,4-5H2,(H2,15,16). The van der Waals surface area contributed by atoms with Crippen molar-refractivity contribution in [1.82, 2.24) is 9.97 Å². The minimum absolute atomic E-state index is 0.251. The third-order valence-corrected chi connectivity index (χ3v) is 5.80. The maximum atomic E-state index is 12.0. The van der Waals surface area contributed by atoms with E-state index in [1.165, 1.54) is 0 Å². The predicted octanol–water partition coefficient (Wildman–Crippen LogP) is 2.23. The molecule has 1 saturated carbocycles. The van der Waals surface area contributed by atoms with Gasteiger partial charge in [-0.05, 0) is 47.6 Å². The number of nitrogens with two attached hydrogens (primary N) is 1. The van der Waals surface area contributed by atoms with Crippen LogP contribution in [-0.4, -0.2) is 23.6 Å². The van der Waals surface area contributed by atoms with E-state index in [9.17, 15) is 8.42 Å². The van der Waals surface area contributed by atoms with Gasteiger partial charge in [-0.2, -0.15) is 0 Å². The van der Waals surface area contributed by atoms with Crippen molar-refractivity contribution in [2.24, 2.45) is 0 Å². The quantitative estimate of drug-likeness (QED) is 0.746. The molecule has 0 spiro atoms. The number of halogens is 1. The van der Waals surface area contributed by atoms with Gasteiger partial charge in [-0.15, -0.1) is 0 Å². The molecule has 1 aromatic heterocycles. The number of anilines is 2. The Morgan fingerprint density at radius 1 is 1.33 bits per heavy atom. The van der Waals surface area contributed by atoms with Gasteiger partial charge in [-0.25, -0.2) is 18.4 Å². The molecule has 110 valence electrons. The number of nitrogens with one attached hydrogen (secondary N) is 1. The molecule has 0 bridgehead atoms. The van der Waals surface area contributed by atoms with Crippen molar-refractivity contribution in [2.45, 2.75) is 18.1 Å². The molecule has 0 aliphatic heterocycles. The van der Waals surface area contributed by atoms with Crippen molar-refractivity contribution in [3.63, 3.8) is 0 Å². The van der Waals surface area contributed by atoms with E-state index in [4.69, 9.17) is 5.73 Å². The van der Waals surface area contributed by atoms with Crippen LogP contribution < -0.4 is 10.5 Å². The van der Waals surface area contributed by atoms with E-state index in [0.29, 0.717) is 20.9 Å². The van der Waals surface area contributed by atoms with Crippen LogP contribution in [0.5, 0.6) is 0 Å². The fraction of sp³-hybridized carbons (Fsp3) is 0.231. The molecule has 6 nitrogen and oxygen atoms in total. The SMILES string of the molecule is Nc1ncc(-c2cccc(NS(=O)(=O)C3CC3)c2)nc1I. The van der Waals surface area contributed by atoms with E-state index in [2.05, 4.69) is 14.7 Å². The Kier molecular flexibility index (Phi) is 3.74. The topological polar surface area (TPSA) is 98.0 Å². The molecule has 0 radical (unpaired) electrons. The van der Waals surface area contributed by atoms with Gasteiger partial charge in [0, 0.05) is 11.3 Å². The molecule has 8 heteroatoms. The van der Waals surface area contributed by atoms with Gasteiger partial charge in [-0.3, -0.25) is 4.72 Å². The molecule has 3 rings (SSSR count). The lowest BCUT2D eigenvalue weighted by Gasteiger charge is -2.09. The van der Waals surface area contributed by atoms with Crippen LogP contribution in [0.3, 0.4) is 0 Å². The van der Waals surface area contributed by atoms with E-state index >= 15 is 0 Å². The highest BCUT2D eigenvalue weighted by atomic mass is 127. The van der Waals surface area contributed by atoms with Gasteiger partial charge < -0.3 is 5.73 Å². The fourth-order valence-corrected chi connectivity index (χ4v) is 3.66. The molecule has 1 aliphatic rings. The van der Waals surface area contributed by atoms with Gasteiger partial charge in [0.2, 0.25) is 10.0 Å². The van der Waals surface area contributed by atoms with Crippen molar-refractivity contribution in [2.75, 3.05) is 10.5 Å². The Morgan fingerprint density at radius 2 is 2.10 bits per heavy atom. The average molecular weight is 416 g/mol. The first-order valence-electron chi connectivity index (χ1n) is 6.36. The van der Waals surface area contributed by atoms with E-state index < -0.39 is 10.0 Å². The summed E-state index contributed by atoms with van der Waals surface area (Å²) >= 11 is 2.01. The molecular weight excluding hydrogens is 403 g/mol. The second-order valence-electron chi connectivity index (χ2n) is 4.86. The first-order chi connectivity index (χ1) is 9.95. The largest absolute Gasteiger partial charge is 0.382 e. The lowest BCUT2D eigenvalue weighted by molar-refractivity contribution is 0.600. The van der Waals surface area contributed by atoms with Gasteiger partial charge in [0.1, 0.15) is 3.70 Å². The number of sulfonamides is 1. The lowest BCUT2D eigenvalue weighted by Crippen LogP contribution is -2.17. The molecular formula is C13H13IN4O2S. The summed E-state index contributed by atoms with van der Waals surface area (Å²) in [6.07, 6.45) is 3.04. The highest BCUT2D eigenvalue weighted by Gasteiger charge is 2.35. The summed E-state index contributed by atoms with van der Waals surface area (Å²) in [7, 11) is -3.26. The van der Waals surface area contributed by atoms with Crippen molar-refractivity contribution < 1.29 is 8.42 Å². The molecule has 2 aromatic rings. The van der Waals surface area contributed by atoms with E-state index in [1.54, 1.807) is 24.4 Å². The Hall–Kier alpha value is -1.42. The van der Waals surface area contributed by atoms with E-state index in [0.717, 1.165) is 18.4 Å². The number of nitrogen functional groups attached to an aromatic ring is 1. The Balaban J connectivity index is 1.90. The lowest BCUT2D eigenvalue weighted by atomic mass is 10.1. The van der Waals surface area contributed by atoms with Crippen LogP contribution in [0.15, 0.2) is 30.5 Å². The summed E-state index contributed by atoms with van der Waals surface area (Å²) in [5.41, 5.74) is 7.62. The summed E-state index contributed by atoms with van der Waals surface area (Å²) in [4.78, 5) is 8.42. The normalized spacial score (nSPS) is 14.9. The Bertz CT molecular complexity index is 791. The van der Waals surface area contributed by atoms with Gasteiger partial charge >= 0.3 is 0 Å². The molecule has 0 unspecified atom stereocenters. The van der Waals surface area contributed by atoms with Crippen molar-refractivity contribution >= 4 is 44.1 Å². The molecule has 3 N–H and O–H groups in total. The zero-order valence-corrected chi connectivity index (χ0v) is 13.9. The molecule has 21 heavy (non-hydrogen) atoms. The molecule has 1 heterocycles. The maximum absolute atomic E-state index is 12.0. The Morgan fingerprint density at radius 3 is 2.76 bits per heavy atom. The van der Waals surface area contributed by atoms with Crippen molar-refractivity contribution in [1.29, 1.82) is 0 Å². The van der Waals surface area contributed by atoms with Crippen LogP contribution in [0.4, 0.5) is 11.5 Å². The van der Waals surface area contributed by atoms with Crippen LogP contribution in [0.1, 0.15) is 12.8 Å². The molecule has 0 atom stereocenters. The first kappa shape index (κ1) is 14.5. The summed E-state index contributed by atoms with van der Waals surface area (Å²) in [5, 5.41) is -0.251. The smallest absolute Gasteiger partial charge is 0.235 e. The van der Waals surface area contributed by atoms with Gasteiger partial charge in [0.05, 0.1) is 17.1 Å². The number of hydrogen-bond donors (Lipinski definition) is 2. The van der Waals surface area contributed by atoms with Crippen LogP contribution in [0.2, 0.25) is 0 Å². The van der Waals surface area contributed by atoms with Crippen LogP contribution >= 0.6 is 22.6 Å². The number of benzene rings is 1. The monoisotopic (exact) mass is 416 g/mol. The molecule has 1 aromatic carbocycles. The van der Waals surface area contributed by atoms with Gasteiger partial charge in [0.15, 0.2) is 5.82 Å². The maximum Gasteiger partial charge on any atom is 0.235 e. The van der Waals surface area contributed by atoms with Crippen molar-refractivity contribution in [3.8, 4) is 11.3 Å². The van der Waals surface area contributed by atoms with Crippen LogP contribution in [0, 0.1) is 3.70 Å². The minimum atomic E-state index is -3.26. The Labute approximate surface area is 136 Å². The van der Waals surface area contributed by atoms with Crippen LogP contribution in [-0.2, 0) is 10.0 Å². The third-order valence-electron chi connectivity index (χ3n) is 3.14. The molecule has 1 fully saturated rings. The number of hydrogen-bond acceptors (Lipinski definition) is 5. The zero-order valence-electron chi connectivity index (χ0n) is 11.0. The second kappa shape index (κ2) is 5.41. The molecule has 0 amide bonds. The summed E-state index contributed by atoms with van der Waals surface area (Å²) < 4.78 is 27.1. The van der Waals surface area contributed by atoms with Crippen molar-refractivity contribution in [3.05, 3.63) is 34.2 Å². The summed E-state index contributed by atoms with van der Waals surface area (Å²) in [6.45, 7) is 0. The number of nitrogens with zero attached hydrogens (tertiary/aromatic N) is 2. The number of rotatable bonds is 4. The second-order valence-corrected chi connectivity index (χ2v) is 7.84. The highest BCUT2D eigenvalue weighted by molar-refractivity contribution is 14.1. The first-order valence-corrected chi connectivity index (χ1v) is 8.98. The predicted molar refractivity (Wildman–Crippen MR) is 90.2 cm³/mol.